The van der Waals surface area contributed by atoms with Crippen molar-refractivity contribution in [1.29, 1.82) is 0 Å². The van der Waals surface area contributed by atoms with E-state index in [1.54, 1.807) is 0 Å². The van der Waals surface area contributed by atoms with Crippen LogP contribution in [0.2, 0.25) is 0 Å². The van der Waals surface area contributed by atoms with Crippen LogP contribution < -0.4 is 16.4 Å². The van der Waals surface area contributed by atoms with Gasteiger partial charge in [-0.1, -0.05) is 0 Å². The molecule has 1 saturated heterocycles. The van der Waals surface area contributed by atoms with E-state index >= 15 is 0 Å². The van der Waals surface area contributed by atoms with Gasteiger partial charge >= 0.3 is 0 Å². The summed E-state index contributed by atoms with van der Waals surface area (Å²) in [5.74, 6) is -2.31. The van der Waals surface area contributed by atoms with Crippen molar-refractivity contribution in [2.75, 3.05) is 5.73 Å². The molecule has 0 spiro atoms. The van der Waals surface area contributed by atoms with Crippen LogP contribution >= 0.6 is 0 Å². The molecular formula is C13H11N3O4. The number of hydrogen-bond acceptors (Lipinski definition) is 5. The molecule has 0 aromatic heterocycles. The van der Waals surface area contributed by atoms with Gasteiger partial charge in [-0.05, 0) is 24.1 Å². The Hall–Kier alpha value is -2.70. The van der Waals surface area contributed by atoms with Crippen molar-refractivity contribution in [1.82, 2.24) is 10.6 Å². The first kappa shape index (κ1) is 12.3. The SMILES string of the molecule is Nc1cc(C2CCC(=O)NC2=O)cc2c1C(=O)NC2=O. The Morgan fingerprint density at radius 3 is 2.50 bits per heavy atom. The minimum atomic E-state index is -0.538. The number of benzene rings is 1. The lowest BCUT2D eigenvalue weighted by atomic mass is 9.88. The third kappa shape index (κ3) is 1.75. The van der Waals surface area contributed by atoms with Gasteiger partial charge in [0.15, 0.2) is 0 Å². The lowest BCUT2D eigenvalue weighted by Crippen LogP contribution is -2.39. The van der Waals surface area contributed by atoms with Crippen LogP contribution in [-0.4, -0.2) is 23.6 Å². The minimum absolute atomic E-state index is 0.144. The van der Waals surface area contributed by atoms with E-state index in [1.807, 2.05) is 0 Å². The van der Waals surface area contributed by atoms with Crippen molar-refractivity contribution in [2.24, 2.45) is 0 Å². The molecule has 20 heavy (non-hydrogen) atoms. The van der Waals surface area contributed by atoms with E-state index < -0.39 is 23.6 Å². The second-order valence-corrected chi connectivity index (χ2v) is 4.82. The smallest absolute Gasteiger partial charge is 0.261 e. The van der Waals surface area contributed by atoms with Crippen LogP contribution in [0, 0.1) is 0 Å². The van der Waals surface area contributed by atoms with E-state index in [0.717, 1.165) is 0 Å². The summed E-state index contributed by atoms with van der Waals surface area (Å²) < 4.78 is 0. The fraction of sp³-hybridized carbons (Fsp3) is 0.231. The third-order valence-corrected chi connectivity index (χ3v) is 3.53. The first-order valence-electron chi connectivity index (χ1n) is 6.10. The number of imide groups is 2. The summed E-state index contributed by atoms with van der Waals surface area (Å²) in [5, 5.41) is 4.41. The normalized spacial score (nSPS) is 21.5. The Kier molecular flexibility index (Phi) is 2.56. The zero-order chi connectivity index (χ0) is 14.4. The van der Waals surface area contributed by atoms with Gasteiger partial charge in [-0.3, -0.25) is 29.8 Å². The maximum absolute atomic E-state index is 11.8. The summed E-state index contributed by atoms with van der Waals surface area (Å²) >= 11 is 0. The molecule has 1 aromatic rings. The Morgan fingerprint density at radius 2 is 1.80 bits per heavy atom. The second-order valence-electron chi connectivity index (χ2n) is 4.82. The summed E-state index contributed by atoms with van der Waals surface area (Å²) in [4.78, 5) is 46.2. The Labute approximate surface area is 113 Å². The highest BCUT2D eigenvalue weighted by Gasteiger charge is 2.33. The summed E-state index contributed by atoms with van der Waals surface area (Å²) in [6.07, 6.45) is 0.594. The van der Waals surface area contributed by atoms with E-state index in [0.29, 0.717) is 12.0 Å². The average molecular weight is 273 g/mol. The van der Waals surface area contributed by atoms with Crippen LogP contribution in [0.5, 0.6) is 0 Å². The number of fused-ring (bicyclic) bond motifs is 1. The number of amides is 4. The van der Waals surface area contributed by atoms with Gasteiger partial charge in [-0.2, -0.15) is 0 Å². The number of nitrogens with two attached hydrogens (primary N) is 1. The molecular weight excluding hydrogens is 262 g/mol. The van der Waals surface area contributed by atoms with E-state index in [-0.39, 0.29) is 29.1 Å². The molecule has 7 heteroatoms. The number of nitrogens with one attached hydrogen (secondary N) is 2. The Bertz CT molecular complexity index is 680. The molecule has 3 rings (SSSR count). The first-order valence-corrected chi connectivity index (χ1v) is 6.10. The van der Waals surface area contributed by atoms with Crippen LogP contribution in [-0.2, 0) is 9.59 Å². The topological polar surface area (TPSA) is 118 Å². The number of carbonyl (C=O) groups is 4. The summed E-state index contributed by atoms with van der Waals surface area (Å²) in [7, 11) is 0. The lowest BCUT2D eigenvalue weighted by molar-refractivity contribution is -0.134. The van der Waals surface area contributed by atoms with E-state index in [1.165, 1.54) is 12.1 Å². The molecule has 1 atom stereocenters. The molecule has 7 nitrogen and oxygen atoms in total. The van der Waals surface area contributed by atoms with Gasteiger partial charge in [0.25, 0.3) is 11.8 Å². The zero-order valence-corrected chi connectivity index (χ0v) is 10.4. The van der Waals surface area contributed by atoms with Gasteiger partial charge < -0.3 is 5.73 Å². The molecule has 1 unspecified atom stereocenters. The third-order valence-electron chi connectivity index (χ3n) is 3.53. The van der Waals surface area contributed by atoms with E-state index in [4.69, 9.17) is 5.73 Å². The predicted octanol–water partition coefficient (Wildman–Crippen LogP) is -0.327. The van der Waals surface area contributed by atoms with Crippen molar-refractivity contribution in [2.45, 2.75) is 18.8 Å². The quantitative estimate of drug-likeness (QED) is 0.478. The molecule has 102 valence electrons. The van der Waals surface area contributed by atoms with Crippen LogP contribution in [0.15, 0.2) is 12.1 Å². The maximum atomic E-state index is 11.8. The van der Waals surface area contributed by atoms with Crippen LogP contribution in [0.4, 0.5) is 5.69 Å². The van der Waals surface area contributed by atoms with Crippen molar-refractivity contribution >= 4 is 29.3 Å². The number of piperidine rings is 1. The summed E-state index contributed by atoms with van der Waals surface area (Å²) in [5.41, 5.74) is 6.81. The Balaban J connectivity index is 2.05. The molecule has 4 N–H and O–H groups in total. The highest BCUT2D eigenvalue weighted by Crippen LogP contribution is 2.31. The van der Waals surface area contributed by atoms with Crippen molar-refractivity contribution < 1.29 is 19.2 Å². The monoisotopic (exact) mass is 273 g/mol. The molecule has 0 saturated carbocycles. The van der Waals surface area contributed by atoms with Gasteiger partial charge in [0.2, 0.25) is 11.8 Å². The lowest BCUT2D eigenvalue weighted by Gasteiger charge is -2.21. The van der Waals surface area contributed by atoms with Crippen LogP contribution in [0.3, 0.4) is 0 Å². The van der Waals surface area contributed by atoms with Crippen molar-refractivity contribution in [3.05, 3.63) is 28.8 Å². The highest BCUT2D eigenvalue weighted by atomic mass is 16.2. The molecule has 2 aliphatic rings. The minimum Gasteiger partial charge on any atom is -0.398 e. The summed E-state index contributed by atoms with van der Waals surface area (Å²) in [6, 6.07) is 3.00. The highest BCUT2D eigenvalue weighted by molar-refractivity contribution is 6.23. The van der Waals surface area contributed by atoms with Crippen molar-refractivity contribution in [3.8, 4) is 0 Å². The fourth-order valence-electron chi connectivity index (χ4n) is 2.57. The van der Waals surface area contributed by atoms with Crippen LogP contribution in [0.1, 0.15) is 45.0 Å². The van der Waals surface area contributed by atoms with Crippen molar-refractivity contribution in [3.63, 3.8) is 0 Å². The average Bonchev–Trinajstić information content (AvgIpc) is 2.65. The number of hydrogen-bond donors (Lipinski definition) is 3. The molecule has 0 radical (unpaired) electrons. The molecule has 2 aliphatic heterocycles. The van der Waals surface area contributed by atoms with E-state index in [2.05, 4.69) is 10.6 Å². The zero-order valence-electron chi connectivity index (χ0n) is 10.4. The predicted molar refractivity (Wildman–Crippen MR) is 67.8 cm³/mol. The molecule has 2 heterocycles. The molecule has 0 aliphatic carbocycles. The first-order chi connectivity index (χ1) is 9.47. The van der Waals surface area contributed by atoms with E-state index in [9.17, 15) is 19.2 Å². The standard InChI is InChI=1S/C13H11N3O4/c14-8-4-5(6-1-2-9(17)15-11(6)18)3-7-10(8)13(20)16-12(7)19/h3-4,6H,1-2,14H2,(H,15,17,18)(H,16,19,20). The molecule has 4 amide bonds. The van der Waals surface area contributed by atoms with Crippen LogP contribution in [0.25, 0.3) is 0 Å². The molecule has 0 bridgehead atoms. The number of rotatable bonds is 1. The largest absolute Gasteiger partial charge is 0.398 e. The molecule has 1 fully saturated rings. The van der Waals surface area contributed by atoms with Gasteiger partial charge in [0.05, 0.1) is 17.0 Å². The number of nitrogen functional groups attached to an aromatic ring is 1. The molecule has 1 aromatic carbocycles. The van der Waals surface area contributed by atoms with Gasteiger partial charge in [0.1, 0.15) is 0 Å². The maximum Gasteiger partial charge on any atom is 0.261 e. The van der Waals surface area contributed by atoms with Gasteiger partial charge in [-0.25, -0.2) is 0 Å². The summed E-state index contributed by atoms with van der Waals surface area (Å²) in [6.45, 7) is 0. The van der Waals surface area contributed by atoms with Gasteiger partial charge in [0, 0.05) is 12.1 Å². The number of carbonyl (C=O) groups excluding carboxylic acids is 4. The second kappa shape index (κ2) is 4.16. The fourth-order valence-corrected chi connectivity index (χ4v) is 2.57. The number of anilines is 1. The van der Waals surface area contributed by atoms with Gasteiger partial charge in [-0.15, -0.1) is 0 Å². The Morgan fingerprint density at radius 1 is 1.05 bits per heavy atom.